The SMILES string of the molecule is CC(C)CCC(C)NC(=O)C(N)CCC(=O)O. The summed E-state index contributed by atoms with van der Waals surface area (Å²) in [5.41, 5.74) is 5.59. The molecule has 2 unspecified atom stereocenters. The van der Waals surface area contributed by atoms with E-state index in [2.05, 4.69) is 19.2 Å². The number of carbonyl (C=O) groups is 2. The van der Waals surface area contributed by atoms with Gasteiger partial charge >= 0.3 is 5.97 Å². The summed E-state index contributed by atoms with van der Waals surface area (Å²) in [7, 11) is 0. The van der Waals surface area contributed by atoms with Gasteiger partial charge in [-0.15, -0.1) is 0 Å². The molecule has 0 aliphatic rings. The Morgan fingerprint density at radius 2 is 1.76 bits per heavy atom. The molecule has 0 aromatic rings. The molecule has 0 saturated heterocycles. The number of hydrogen-bond donors (Lipinski definition) is 3. The Labute approximate surface area is 103 Å². The van der Waals surface area contributed by atoms with Crippen molar-refractivity contribution in [3.8, 4) is 0 Å². The van der Waals surface area contributed by atoms with Crippen LogP contribution in [-0.4, -0.2) is 29.1 Å². The number of rotatable bonds is 8. The zero-order valence-electron chi connectivity index (χ0n) is 10.9. The lowest BCUT2D eigenvalue weighted by molar-refractivity contribution is -0.137. The number of carboxylic acids is 1. The number of nitrogens with one attached hydrogen (secondary N) is 1. The summed E-state index contributed by atoms with van der Waals surface area (Å²) in [6.07, 6.45) is 2.06. The minimum Gasteiger partial charge on any atom is -0.481 e. The van der Waals surface area contributed by atoms with Crippen molar-refractivity contribution in [3.63, 3.8) is 0 Å². The van der Waals surface area contributed by atoms with Crippen molar-refractivity contribution < 1.29 is 14.7 Å². The molecule has 5 heteroatoms. The highest BCUT2D eigenvalue weighted by Gasteiger charge is 2.16. The van der Waals surface area contributed by atoms with Gasteiger partial charge in [0.15, 0.2) is 0 Å². The molecule has 100 valence electrons. The predicted octanol–water partition coefficient (Wildman–Crippen LogP) is 1.12. The molecule has 0 aromatic carbocycles. The second kappa shape index (κ2) is 8.06. The van der Waals surface area contributed by atoms with Crippen LogP contribution in [0.5, 0.6) is 0 Å². The average Bonchev–Trinajstić information content (AvgIpc) is 2.22. The highest BCUT2D eigenvalue weighted by Crippen LogP contribution is 2.06. The van der Waals surface area contributed by atoms with Gasteiger partial charge in [-0.3, -0.25) is 9.59 Å². The summed E-state index contributed by atoms with van der Waals surface area (Å²) in [6, 6.07) is -0.645. The van der Waals surface area contributed by atoms with Gasteiger partial charge in [0.05, 0.1) is 6.04 Å². The largest absolute Gasteiger partial charge is 0.481 e. The Morgan fingerprint density at radius 3 is 2.24 bits per heavy atom. The Balaban J connectivity index is 3.86. The summed E-state index contributed by atoms with van der Waals surface area (Å²) >= 11 is 0. The van der Waals surface area contributed by atoms with E-state index in [1.165, 1.54) is 0 Å². The number of amides is 1. The van der Waals surface area contributed by atoms with Gasteiger partial charge in [-0.1, -0.05) is 13.8 Å². The zero-order valence-corrected chi connectivity index (χ0v) is 10.9. The third kappa shape index (κ3) is 8.68. The quantitative estimate of drug-likeness (QED) is 0.596. The molecule has 2 atom stereocenters. The summed E-state index contributed by atoms with van der Waals surface area (Å²) < 4.78 is 0. The molecule has 0 aliphatic carbocycles. The Morgan fingerprint density at radius 1 is 1.18 bits per heavy atom. The van der Waals surface area contributed by atoms with E-state index in [0.717, 1.165) is 12.8 Å². The molecule has 17 heavy (non-hydrogen) atoms. The maximum atomic E-state index is 11.6. The lowest BCUT2D eigenvalue weighted by Gasteiger charge is -2.17. The van der Waals surface area contributed by atoms with E-state index in [1.807, 2.05) is 6.92 Å². The van der Waals surface area contributed by atoms with Crippen LogP contribution in [0.4, 0.5) is 0 Å². The molecule has 0 radical (unpaired) electrons. The molecule has 0 aromatic heterocycles. The van der Waals surface area contributed by atoms with Crippen LogP contribution in [0.15, 0.2) is 0 Å². The molecule has 0 spiro atoms. The van der Waals surface area contributed by atoms with Gasteiger partial charge in [0.1, 0.15) is 0 Å². The van der Waals surface area contributed by atoms with Crippen molar-refractivity contribution >= 4 is 11.9 Å². The fourth-order valence-electron chi connectivity index (χ4n) is 1.42. The lowest BCUT2D eigenvalue weighted by Crippen LogP contribution is -2.44. The zero-order chi connectivity index (χ0) is 13.4. The van der Waals surface area contributed by atoms with Crippen LogP contribution < -0.4 is 11.1 Å². The summed E-state index contributed by atoms with van der Waals surface area (Å²) in [6.45, 7) is 6.20. The van der Waals surface area contributed by atoms with E-state index in [9.17, 15) is 9.59 Å². The maximum Gasteiger partial charge on any atom is 0.303 e. The topological polar surface area (TPSA) is 92.4 Å². The van der Waals surface area contributed by atoms with Crippen molar-refractivity contribution in [1.82, 2.24) is 5.32 Å². The van der Waals surface area contributed by atoms with E-state index in [1.54, 1.807) is 0 Å². The molecule has 0 heterocycles. The Bertz CT molecular complexity index is 254. The molecule has 0 aliphatic heterocycles. The van der Waals surface area contributed by atoms with Gasteiger partial charge < -0.3 is 16.2 Å². The van der Waals surface area contributed by atoms with Gasteiger partial charge in [0, 0.05) is 12.5 Å². The van der Waals surface area contributed by atoms with Crippen LogP contribution in [0.2, 0.25) is 0 Å². The first-order chi connectivity index (χ1) is 7.82. The van der Waals surface area contributed by atoms with Crippen LogP contribution in [-0.2, 0) is 9.59 Å². The number of aliphatic carboxylic acids is 1. The van der Waals surface area contributed by atoms with Crippen molar-refractivity contribution in [3.05, 3.63) is 0 Å². The van der Waals surface area contributed by atoms with Crippen LogP contribution >= 0.6 is 0 Å². The van der Waals surface area contributed by atoms with Crippen molar-refractivity contribution in [1.29, 1.82) is 0 Å². The molecule has 5 nitrogen and oxygen atoms in total. The summed E-state index contributed by atoms with van der Waals surface area (Å²) in [5, 5.41) is 11.3. The van der Waals surface area contributed by atoms with E-state index in [0.29, 0.717) is 5.92 Å². The summed E-state index contributed by atoms with van der Waals surface area (Å²) in [4.78, 5) is 21.9. The third-order valence-corrected chi connectivity index (χ3v) is 2.57. The van der Waals surface area contributed by atoms with Gasteiger partial charge in [-0.05, 0) is 32.1 Å². The van der Waals surface area contributed by atoms with Crippen LogP contribution in [0.25, 0.3) is 0 Å². The average molecular weight is 244 g/mol. The number of carbonyl (C=O) groups excluding carboxylic acids is 1. The fourth-order valence-corrected chi connectivity index (χ4v) is 1.42. The number of carboxylic acid groups (broad SMARTS) is 1. The molecule has 4 N–H and O–H groups in total. The van der Waals surface area contributed by atoms with Gasteiger partial charge in [0.25, 0.3) is 0 Å². The molecular formula is C12H24N2O3. The Hall–Kier alpha value is -1.10. The first-order valence-electron chi connectivity index (χ1n) is 6.10. The van der Waals surface area contributed by atoms with Crippen molar-refractivity contribution in [2.75, 3.05) is 0 Å². The normalized spacial score (nSPS) is 14.4. The molecule has 0 rings (SSSR count). The van der Waals surface area contributed by atoms with E-state index in [4.69, 9.17) is 10.8 Å². The monoisotopic (exact) mass is 244 g/mol. The first-order valence-corrected chi connectivity index (χ1v) is 6.10. The van der Waals surface area contributed by atoms with E-state index >= 15 is 0 Å². The van der Waals surface area contributed by atoms with Crippen molar-refractivity contribution in [2.24, 2.45) is 11.7 Å². The van der Waals surface area contributed by atoms with Crippen LogP contribution in [0.1, 0.15) is 46.5 Å². The molecule has 0 bridgehead atoms. The van der Waals surface area contributed by atoms with Gasteiger partial charge in [-0.2, -0.15) is 0 Å². The van der Waals surface area contributed by atoms with Crippen LogP contribution in [0.3, 0.4) is 0 Å². The second-order valence-electron chi connectivity index (χ2n) is 4.92. The first kappa shape index (κ1) is 15.9. The smallest absolute Gasteiger partial charge is 0.303 e. The molecular weight excluding hydrogens is 220 g/mol. The highest BCUT2D eigenvalue weighted by atomic mass is 16.4. The van der Waals surface area contributed by atoms with Gasteiger partial charge in [-0.25, -0.2) is 0 Å². The maximum absolute atomic E-state index is 11.6. The summed E-state index contributed by atoms with van der Waals surface area (Å²) in [5.74, 6) is -0.585. The standard InChI is InChI=1S/C12H24N2O3/c1-8(2)4-5-9(3)14-12(17)10(13)6-7-11(15)16/h8-10H,4-7,13H2,1-3H3,(H,14,17)(H,15,16). The van der Waals surface area contributed by atoms with Gasteiger partial charge in [0.2, 0.25) is 5.91 Å². The number of nitrogens with two attached hydrogens (primary N) is 1. The second-order valence-corrected chi connectivity index (χ2v) is 4.92. The Kier molecular flexibility index (Phi) is 7.54. The van der Waals surface area contributed by atoms with E-state index in [-0.39, 0.29) is 24.8 Å². The van der Waals surface area contributed by atoms with Crippen molar-refractivity contribution in [2.45, 2.75) is 58.5 Å². The minimum atomic E-state index is -0.930. The third-order valence-electron chi connectivity index (χ3n) is 2.57. The predicted molar refractivity (Wildman–Crippen MR) is 66.5 cm³/mol. The minimum absolute atomic E-state index is 0.0744. The fraction of sp³-hybridized carbons (Fsp3) is 0.833. The van der Waals surface area contributed by atoms with E-state index < -0.39 is 12.0 Å². The molecule has 0 fully saturated rings. The highest BCUT2D eigenvalue weighted by molar-refractivity contribution is 5.82. The molecule has 0 saturated carbocycles. The van der Waals surface area contributed by atoms with Crippen LogP contribution in [0, 0.1) is 5.92 Å². The number of hydrogen-bond acceptors (Lipinski definition) is 3. The molecule has 1 amide bonds. The lowest BCUT2D eigenvalue weighted by atomic mass is 10.0.